The van der Waals surface area contributed by atoms with E-state index < -0.39 is 24.0 Å². The standard InChI is InChI=1S/C29H32F2O5/c1-27(2,28-15-18-12-19(16-28)14-20(13-18)17-28)36-23-10-8-22(9-11-23)25(32)35-24(29(30,31)26(33)34)21-6-4-3-5-7-21/h3-11,18-20,24H,12-17H2,1-2H3,(H,33,34). The largest absolute Gasteiger partial charge is 0.487 e. The highest BCUT2D eigenvalue weighted by Crippen LogP contribution is 2.64. The van der Waals surface area contributed by atoms with Crippen LogP contribution in [-0.4, -0.2) is 28.6 Å². The third kappa shape index (κ3) is 4.37. The summed E-state index contributed by atoms with van der Waals surface area (Å²) < 4.78 is 40.4. The van der Waals surface area contributed by atoms with Crippen molar-refractivity contribution < 1.29 is 33.0 Å². The van der Waals surface area contributed by atoms with Crippen molar-refractivity contribution in [2.75, 3.05) is 0 Å². The summed E-state index contributed by atoms with van der Waals surface area (Å²) in [6.45, 7) is 4.31. The van der Waals surface area contributed by atoms with Gasteiger partial charge in [0, 0.05) is 5.41 Å². The van der Waals surface area contributed by atoms with E-state index in [2.05, 4.69) is 13.8 Å². The monoisotopic (exact) mass is 498 g/mol. The first kappa shape index (κ1) is 24.7. The van der Waals surface area contributed by atoms with Crippen molar-refractivity contribution in [3.8, 4) is 5.75 Å². The maximum absolute atomic E-state index is 14.4. The first-order valence-corrected chi connectivity index (χ1v) is 12.7. The third-order valence-corrected chi connectivity index (χ3v) is 8.72. The summed E-state index contributed by atoms with van der Waals surface area (Å²) in [6, 6.07) is 13.4. The maximum atomic E-state index is 14.4. The zero-order valence-electron chi connectivity index (χ0n) is 20.6. The quantitative estimate of drug-likeness (QED) is 0.411. The van der Waals surface area contributed by atoms with Gasteiger partial charge in [-0.05, 0) is 100.0 Å². The van der Waals surface area contributed by atoms with E-state index in [9.17, 15) is 18.4 Å². The van der Waals surface area contributed by atoms with Gasteiger partial charge in [-0.15, -0.1) is 0 Å². The molecule has 192 valence electrons. The summed E-state index contributed by atoms with van der Waals surface area (Å²) >= 11 is 0. The molecule has 1 unspecified atom stereocenters. The molecule has 4 saturated carbocycles. The Morgan fingerprint density at radius 2 is 1.44 bits per heavy atom. The lowest BCUT2D eigenvalue weighted by atomic mass is 9.46. The Balaban J connectivity index is 1.30. The normalized spacial score (nSPS) is 27.9. The Labute approximate surface area is 209 Å². The summed E-state index contributed by atoms with van der Waals surface area (Å²) in [4.78, 5) is 23.9. The number of benzene rings is 2. The highest BCUT2D eigenvalue weighted by Gasteiger charge is 2.58. The number of ether oxygens (including phenoxy) is 2. The number of halogens is 2. The van der Waals surface area contributed by atoms with E-state index >= 15 is 0 Å². The van der Waals surface area contributed by atoms with Crippen LogP contribution >= 0.6 is 0 Å². The van der Waals surface area contributed by atoms with Crippen LogP contribution in [0.15, 0.2) is 54.6 Å². The number of hydrogen-bond donors (Lipinski definition) is 1. The van der Waals surface area contributed by atoms with Crippen LogP contribution in [0.5, 0.6) is 5.75 Å². The fraction of sp³-hybridized carbons (Fsp3) is 0.517. The molecule has 4 fully saturated rings. The van der Waals surface area contributed by atoms with Crippen LogP contribution in [0.25, 0.3) is 0 Å². The lowest BCUT2D eigenvalue weighted by Gasteiger charge is -2.61. The van der Waals surface area contributed by atoms with E-state index in [0.29, 0.717) is 5.75 Å². The van der Waals surface area contributed by atoms with Crippen molar-refractivity contribution in [3.63, 3.8) is 0 Å². The number of hydrogen-bond acceptors (Lipinski definition) is 4. The predicted octanol–water partition coefficient (Wildman–Crippen LogP) is 6.68. The molecule has 0 spiro atoms. The zero-order chi connectivity index (χ0) is 25.7. The molecule has 5 nitrogen and oxygen atoms in total. The Kier molecular flexibility index (Phi) is 6.08. The van der Waals surface area contributed by atoms with E-state index in [4.69, 9.17) is 14.6 Å². The minimum Gasteiger partial charge on any atom is -0.487 e. The molecule has 0 heterocycles. The Morgan fingerprint density at radius 3 is 1.94 bits per heavy atom. The second kappa shape index (κ2) is 8.86. The van der Waals surface area contributed by atoms with Crippen molar-refractivity contribution >= 4 is 11.9 Å². The molecule has 2 aromatic rings. The van der Waals surface area contributed by atoms with Crippen LogP contribution in [0.4, 0.5) is 8.78 Å². The van der Waals surface area contributed by atoms with E-state index in [1.54, 1.807) is 18.2 Å². The summed E-state index contributed by atoms with van der Waals surface area (Å²) in [6.07, 6.45) is 5.35. The fourth-order valence-corrected chi connectivity index (χ4v) is 7.18. The van der Waals surface area contributed by atoms with Gasteiger partial charge in [-0.3, -0.25) is 0 Å². The first-order valence-electron chi connectivity index (χ1n) is 12.7. The molecule has 4 aliphatic carbocycles. The molecular weight excluding hydrogens is 466 g/mol. The van der Waals surface area contributed by atoms with Gasteiger partial charge in [0.05, 0.1) is 5.56 Å². The van der Waals surface area contributed by atoms with Gasteiger partial charge in [0.2, 0.25) is 6.10 Å². The molecule has 1 atom stereocenters. The average Bonchev–Trinajstić information content (AvgIpc) is 2.82. The molecule has 0 aliphatic heterocycles. The molecular formula is C29H32F2O5. The van der Waals surface area contributed by atoms with Gasteiger partial charge in [-0.25, -0.2) is 9.59 Å². The molecule has 1 N–H and O–H groups in total. The van der Waals surface area contributed by atoms with Gasteiger partial charge in [0.25, 0.3) is 0 Å². The number of esters is 1. The van der Waals surface area contributed by atoms with Gasteiger partial charge in [-0.1, -0.05) is 30.3 Å². The molecule has 7 heteroatoms. The number of carbonyl (C=O) groups is 2. The van der Waals surface area contributed by atoms with Gasteiger partial charge in [-0.2, -0.15) is 8.78 Å². The number of carbonyl (C=O) groups excluding carboxylic acids is 1. The lowest BCUT2D eigenvalue weighted by Crippen LogP contribution is -2.58. The third-order valence-electron chi connectivity index (χ3n) is 8.72. The number of aliphatic carboxylic acids is 1. The summed E-state index contributed by atoms with van der Waals surface area (Å²) in [5, 5.41) is 9.03. The lowest BCUT2D eigenvalue weighted by molar-refractivity contribution is -0.183. The maximum Gasteiger partial charge on any atom is 0.382 e. The molecule has 4 bridgehead atoms. The second-order valence-electron chi connectivity index (χ2n) is 11.5. The Bertz CT molecular complexity index is 1090. The summed E-state index contributed by atoms with van der Waals surface area (Å²) in [7, 11) is 0. The SMILES string of the molecule is CC(C)(Oc1ccc(C(=O)OC(c2ccccc2)C(F)(F)C(=O)O)cc1)C12CC3CC(CC(C3)C1)C2. The molecule has 6 rings (SSSR count). The second-order valence-corrected chi connectivity index (χ2v) is 11.5. The molecule has 0 saturated heterocycles. The topological polar surface area (TPSA) is 72.8 Å². The molecule has 0 amide bonds. The van der Waals surface area contributed by atoms with Crippen molar-refractivity contribution in [2.24, 2.45) is 23.2 Å². The smallest absolute Gasteiger partial charge is 0.382 e. The number of carboxylic acids is 1. The molecule has 0 aromatic heterocycles. The van der Waals surface area contributed by atoms with Crippen LogP contribution in [0, 0.1) is 23.2 Å². The van der Waals surface area contributed by atoms with Gasteiger partial charge in [0.15, 0.2) is 0 Å². The van der Waals surface area contributed by atoms with Crippen LogP contribution in [-0.2, 0) is 9.53 Å². The van der Waals surface area contributed by atoms with E-state index in [1.807, 2.05) is 0 Å². The first-order chi connectivity index (χ1) is 17.0. The number of rotatable bonds is 8. The average molecular weight is 499 g/mol. The van der Waals surface area contributed by atoms with Gasteiger partial charge < -0.3 is 14.6 Å². The Morgan fingerprint density at radius 1 is 0.917 bits per heavy atom. The van der Waals surface area contributed by atoms with Crippen LogP contribution in [0.2, 0.25) is 0 Å². The van der Waals surface area contributed by atoms with Crippen molar-refractivity contribution in [1.82, 2.24) is 0 Å². The zero-order valence-corrected chi connectivity index (χ0v) is 20.6. The van der Waals surface area contributed by atoms with Crippen molar-refractivity contribution in [2.45, 2.75) is 70.0 Å². The molecule has 4 aliphatic rings. The predicted molar refractivity (Wildman–Crippen MR) is 129 cm³/mol. The highest BCUT2D eigenvalue weighted by molar-refractivity contribution is 5.90. The van der Waals surface area contributed by atoms with Crippen LogP contribution in [0.3, 0.4) is 0 Å². The molecule has 0 radical (unpaired) electrons. The van der Waals surface area contributed by atoms with E-state index in [-0.39, 0.29) is 22.1 Å². The van der Waals surface area contributed by atoms with Crippen molar-refractivity contribution in [3.05, 3.63) is 65.7 Å². The minimum absolute atomic E-state index is 0.0390. The minimum atomic E-state index is -4.29. The van der Waals surface area contributed by atoms with Crippen LogP contribution < -0.4 is 4.74 Å². The Hall–Kier alpha value is -2.96. The fourth-order valence-electron chi connectivity index (χ4n) is 7.18. The number of alkyl halides is 2. The van der Waals surface area contributed by atoms with Crippen molar-refractivity contribution in [1.29, 1.82) is 0 Å². The molecule has 36 heavy (non-hydrogen) atoms. The number of carboxylic acid groups (broad SMARTS) is 1. The van der Waals surface area contributed by atoms with E-state index in [0.717, 1.165) is 17.8 Å². The highest BCUT2D eigenvalue weighted by atomic mass is 19.3. The van der Waals surface area contributed by atoms with E-state index in [1.165, 1.54) is 74.9 Å². The van der Waals surface area contributed by atoms with Gasteiger partial charge >= 0.3 is 17.9 Å². The van der Waals surface area contributed by atoms with Gasteiger partial charge in [0.1, 0.15) is 11.4 Å². The van der Waals surface area contributed by atoms with Crippen LogP contribution in [0.1, 0.15) is 74.4 Å². The summed E-state index contributed by atoms with van der Waals surface area (Å²) in [5.74, 6) is -4.71. The summed E-state index contributed by atoms with van der Waals surface area (Å²) in [5.41, 5.74) is -0.301. The molecule has 2 aromatic carbocycles.